The van der Waals surface area contributed by atoms with Crippen LogP contribution in [0.2, 0.25) is 0 Å². The Kier molecular flexibility index (Phi) is 4.20. The van der Waals surface area contributed by atoms with Crippen LogP contribution in [0.4, 0.5) is 0 Å². The number of nitrogens with two attached hydrogens (primary N) is 1. The third kappa shape index (κ3) is 3.03. The second kappa shape index (κ2) is 5.44. The SMILES string of the molecule is CCC1CCC(N)(c2nc(C(C)S(C)(=O)=O)no2)CC1. The van der Waals surface area contributed by atoms with Gasteiger partial charge in [0.25, 0.3) is 0 Å². The fourth-order valence-electron chi connectivity index (χ4n) is 2.61. The topological polar surface area (TPSA) is 99.1 Å². The van der Waals surface area contributed by atoms with Gasteiger partial charge in [0.05, 0.1) is 5.54 Å². The van der Waals surface area contributed by atoms with Crippen LogP contribution in [0.25, 0.3) is 0 Å². The first-order chi connectivity index (χ1) is 9.26. The lowest BCUT2D eigenvalue weighted by Gasteiger charge is -2.33. The highest BCUT2D eigenvalue weighted by Crippen LogP contribution is 2.38. The largest absolute Gasteiger partial charge is 0.337 e. The molecular formula is C13H23N3O3S. The Morgan fingerprint density at radius 1 is 1.45 bits per heavy atom. The van der Waals surface area contributed by atoms with E-state index in [-0.39, 0.29) is 5.82 Å². The average Bonchev–Trinajstić information content (AvgIpc) is 2.88. The molecule has 1 aromatic rings. The van der Waals surface area contributed by atoms with E-state index in [4.69, 9.17) is 10.3 Å². The third-order valence-corrected chi connectivity index (χ3v) is 5.94. The molecule has 1 aliphatic carbocycles. The first-order valence-electron chi connectivity index (χ1n) is 7.08. The maximum Gasteiger partial charge on any atom is 0.246 e. The van der Waals surface area contributed by atoms with Crippen molar-refractivity contribution in [2.24, 2.45) is 11.7 Å². The average molecular weight is 301 g/mol. The van der Waals surface area contributed by atoms with Crippen LogP contribution in [0.1, 0.15) is 62.9 Å². The predicted molar refractivity (Wildman–Crippen MR) is 75.7 cm³/mol. The van der Waals surface area contributed by atoms with Crippen molar-refractivity contribution in [1.29, 1.82) is 0 Å². The predicted octanol–water partition coefficient (Wildman–Crippen LogP) is 1.93. The summed E-state index contributed by atoms with van der Waals surface area (Å²) in [5.74, 6) is 1.28. The number of aromatic nitrogens is 2. The second-order valence-corrected chi connectivity index (χ2v) is 8.30. The molecule has 0 amide bonds. The van der Waals surface area contributed by atoms with Crippen molar-refractivity contribution in [2.45, 2.75) is 56.7 Å². The van der Waals surface area contributed by atoms with Crippen LogP contribution in [0.5, 0.6) is 0 Å². The maximum atomic E-state index is 11.5. The number of hydrogen-bond acceptors (Lipinski definition) is 6. The molecule has 1 unspecified atom stereocenters. The van der Waals surface area contributed by atoms with E-state index in [1.807, 2.05) is 0 Å². The van der Waals surface area contributed by atoms with Crippen molar-refractivity contribution in [3.8, 4) is 0 Å². The highest BCUT2D eigenvalue weighted by atomic mass is 32.2. The highest BCUT2D eigenvalue weighted by Gasteiger charge is 2.38. The zero-order valence-electron chi connectivity index (χ0n) is 12.3. The van der Waals surface area contributed by atoms with Gasteiger partial charge < -0.3 is 10.3 Å². The minimum atomic E-state index is -3.23. The molecule has 1 heterocycles. The maximum absolute atomic E-state index is 11.5. The van der Waals surface area contributed by atoms with Crippen LogP contribution in [0, 0.1) is 5.92 Å². The van der Waals surface area contributed by atoms with E-state index in [1.54, 1.807) is 6.92 Å². The van der Waals surface area contributed by atoms with Crippen LogP contribution in [0.3, 0.4) is 0 Å². The monoisotopic (exact) mass is 301 g/mol. The Balaban J connectivity index is 2.17. The van der Waals surface area contributed by atoms with Crippen molar-refractivity contribution in [2.75, 3.05) is 6.26 Å². The molecule has 0 aliphatic heterocycles. The number of sulfone groups is 1. The van der Waals surface area contributed by atoms with Gasteiger partial charge in [0, 0.05) is 6.26 Å². The van der Waals surface area contributed by atoms with Gasteiger partial charge in [-0.2, -0.15) is 4.98 Å². The fraction of sp³-hybridized carbons (Fsp3) is 0.846. The number of rotatable bonds is 4. The fourth-order valence-corrected chi connectivity index (χ4v) is 3.09. The van der Waals surface area contributed by atoms with E-state index < -0.39 is 20.6 Å². The van der Waals surface area contributed by atoms with Crippen LogP contribution in [-0.2, 0) is 15.4 Å². The first-order valence-corrected chi connectivity index (χ1v) is 9.03. The zero-order chi connectivity index (χ0) is 15.0. The smallest absolute Gasteiger partial charge is 0.246 e. The highest BCUT2D eigenvalue weighted by molar-refractivity contribution is 7.90. The van der Waals surface area contributed by atoms with E-state index >= 15 is 0 Å². The molecular weight excluding hydrogens is 278 g/mol. The molecule has 0 bridgehead atoms. The summed E-state index contributed by atoms with van der Waals surface area (Å²) < 4.78 is 28.3. The molecule has 2 rings (SSSR count). The van der Waals surface area contributed by atoms with Gasteiger partial charge in [-0.25, -0.2) is 8.42 Å². The third-order valence-electron chi connectivity index (χ3n) is 4.45. The molecule has 0 radical (unpaired) electrons. The Bertz CT molecular complexity index is 559. The summed E-state index contributed by atoms with van der Waals surface area (Å²) in [5.41, 5.74) is 5.77. The summed E-state index contributed by atoms with van der Waals surface area (Å²) in [7, 11) is -3.23. The Hall–Kier alpha value is -0.950. The van der Waals surface area contributed by atoms with Gasteiger partial charge in [0.15, 0.2) is 15.7 Å². The molecule has 6 nitrogen and oxygen atoms in total. The van der Waals surface area contributed by atoms with Gasteiger partial charge in [-0.3, -0.25) is 0 Å². The minimum Gasteiger partial charge on any atom is -0.337 e. The van der Waals surface area contributed by atoms with E-state index in [1.165, 1.54) is 6.26 Å². The Labute approximate surface area is 120 Å². The van der Waals surface area contributed by atoms with Gasteiger partial charge in [-0.15, -0.1) is 0 Å². The van der Waals surface area contributed by atoms with Gasteiger partial charge in [0.2, 0.25) is 5.89 Å². The Morgan fingerprint density at radius 2 is 2.05 bits per heavy atom. The summed E-state index contributed by atoms with van der Waals surface area (Å²) in [6.07, 6.45) is 6.04. The van der Waals surface area contributed by atoms with Crippen molar-refractivity contribution in [1.82, 2.24) is 10.1 Å². The number of hydrogen-bond donors (Lipinski definition) is 1. The van der Waals surface area contributed by atoms with E-state index in [0.29, 0.717) is 11.8 Å². The molecule has 1 aliphatic rings. The van der Waals surface area contributed by atoms with Gasteiger partial charge in [0.1, 0.15) is 5.25 Å². The van der Waals surface area contributed by atoms with E-state index in [9.17, 15) is 8.42 Å². The molecule has 2 N–H and O–H groups in total. The molecule has 1 saturated carbocycles. The van der Waals surface area contributed by atoms with E-state index in [2.05, 4.69) is 17.1 Å². The normalized spacial score (nSPS) is 29.3. The molecule has 0 saturated heterocycles. The van der Waals surface area contributed by atoms with E-state index in [0.717, 1.165) is 32.1 Å². The van der Waals surface area contributed by atoms with Crippen LogP contribution in [-0.4, -0.2) is 24.8 Å². The summed E-state index contributed by atoms with van der Waals surface area (Å²) in [6.45, 7) is 3.74. The number of nitrogens with zero attached hydrogens (tertiary/aromatic N) is 2. The lowest BCUT2D eigenvalue weighted by atomic mass is 9.76. The first kappa shape index (κ1) is 15.4. The lowest BCUT2D eigenvalue weighted by molar-refractivity contribution is 0.181. The van der Waals surface area contributed by atoms with Gasteiger partial charge in [-0.05, 0) is 38.5 Å². The minimum absolute atomic E-state index is 0.199. The summed E-state index contributed by atoms with van der Waals surface area (Å²) >= 11 is 0. The molecule has 1 aromatic heterocycles. The Morgan fingerprint density at radius 3 is 2.55 bits per heavy atom. The molecule has 0 aromatic carbocycles. The summed E-state index contributed by atoms with van der Waals surface area (Å²) in [4.78, 5) is 4.24. The molecule has 114 valence electrons. The summed E-state index contributed by atoms with van der Waals surface area (Å²) in [6, 6.07) is 0. The molecule has 0 spiro atoms. The van der Waals surface area contributed by atoms with Crippen molar-refractivity contribution in [3.05, 3.63) is 11.7 Å². The van der Waals surface area contributed by atoms with Crippen LogP contribution < -0.4 is 5.73 Å². The zero-order valence-corrected chi connectivity index (χ0v) is 13.1. The van der Waals surface area contributed by atoms with Gasteiger partial charge >= 0.3 is 0 Å². The van der Waals surface area contributed by atoms with Crippen LogP contribution >= 0.6 is 0 Å². The van der Waals surface area contributed by atoms with Crippen molar-refractivity contribution in [3.63, 3.8) is 0 Å². The standard InChI is InChI=1S/C13H23N3O3S/c1-4-10-5-7-13(14,8-6-10)12-15-11(16-19-12)9(2)20(3,17)18/h9-10H,4-8,14H2,1-3H3. The lowest BCUT2D eigenvalue weighted by Crippen LogP contribution is -2.40. The second-order valence-electron chi connectivity index (χ2n) is 5.94. The van der Waals surface area contributed by atoms with Crippen LogP contribution in [0.15, 0.2) is 4.52 Å². The van der Waals surface area contributed by atoms with Gasteiger partial charge in [-0.1, -0.05) is 18.5 Å². The molecule has 1 atom stereocenters. The quantitative estimate of drug-likeness (QED) is 0.912. The molecule has 1 fully saturated rings. The van der Waals surface area contributed by atoms with Crippen molar-refractivity contribution >= 4 is 9.84 Å². The molecule has 7 heteroatoms. The summed E-state index contributed by atoms with van der Waals surface area (Å²) in [5, 5.41) is 3.03. The van der Waals surface area contributed by atoms with Crippen molar-refractivity contribution < 1.29 is 12.9 Å². The molecule has 20 heavy (non-hydrogen) atoms.